The van der Waals surface area contributed by atoms with Crippen molar-refractivity contribution in [2.45, 2.75) is 32.7 Å². The lowest BCUT2D eigenvalue weighted by molar-refractivity contribution is -0.143. The smallest absolute Gasteiger partial charge is 0.326 e. The van der Waals surface area contributed by atoms with Crippen molar-refractivity contribution in [2.24, 2.45) is 11.8 Å². The summed E-state index contributed by atoms with van der Waals surface area (Å²) in [6, 6.07) is -0.784. The zero-order chi connectivity index (χ0) is 12.1. The van der Waals surface area contributed by atoms with Gasteiger partial charge in [0.05, 0.1) is 12.5 Å². The van der Waals surface area contributed by atoms with Crippen LogP contribution >= 0.6 is 0 Å². The maximum absolute atomic E-state index is 11.7. The zero-order valence-electron chi connectivity index (χ0n) is 9.73. The van der Waals surface area contributed by atoms with Gasteiger partial charge in [-0.3, -0.25) is 4.79 Å². The number of hydrogen-bond donors (Lipinski definition) is 2. The highest BCUT2D eigenvalue weighted by molar-refractivity contribution is 5.85. The molecule has 1 heterocycles. The molecule has 1 aliphatic heterocycles. The van der Waals surface area contributed by atoms with Crippen LogP contribution in [0.25, 0.3) is 0 Å². The van der Waals surface area contributed by atoms with Gasteiger partial charge in [0, 0.05) is 6.61 Å². The summed E-state index contributed by atoms with van der Waals surface area (Å²) in [5, 5.41) is 11.5. The van der Waals surface area contributed by atoms with Gasteiger partial charge in [-0.05, 0) is 18.8 Å². The van der Waals surface area contributed by atoms with E-state index in [4.69, 9.17) is 9.84 Å². The Morgan fingerprint density at radius 3 is 2.62 bits per heavy atom. The second-order valence-electron chi connectivity index (χ2n) is 4.59. The van der Waals surface area contributed by atoms with Crippen LogP contribution in [0.15, 0.2) is 0 Å². The van der Waals surface area contributed by atoms with Crippen LogP contribution in [0, 0.1) is 11.8 Å². The number of aliphatic carboxylic acids is 1. The molecule has 0 saturated carbocycles. The maximum Gasteiger partial charge on any atom is 0.326 e. The molecule has 1 saturated heterocycles. The van der Waals surface area contributed by atoms with Crippen molar-refractivity contribution in [3.05, 3.63) is 0 Å². The fraction of sp³-hybridized carbons (Fsp3) is 0.818. The summed E-state index contributed by atoms with van der Waals surface area (Å²) in [4.78, 5) is 22.6. The van der Waals surface area contributed by atoms with Crippen molar-refractivity contribution in [3.63, 3.8) is 0 Å². The predicted octanol–water partition coefficient (Wildman–Crippen LogP) is 0.638. The minimum Gasteiger partial charge on any atom is -0.480 e. The first-order valence-electron chi connectivity index (χ1n) is 5.61. The molecule has 1 fully saturated rings. The van der Waals surface area contributed by atoms with Crippen molar-refractivity contribution in [1.29, 1.82) is 0 Å². The molecule has 16 heavy (non-hydrogen) atoms. The van der Waals surface area contributed by atoms with E-state index in [2.05, 4.69) is 5.32 Å². The number of carbonyl (C=O) groups is 2. The Kier molecular flexibility index (Phi) is 4.73. The molecule has 0 aliphatic carbocycles. The average molecular weight is 229 g/mol. The molecule has 5 nitrogen and oxygen atoms in total. The van der Waals surface area contributed by atoms with Crippen molar-refractivity contribution < 1.29 is 19.4 Å². The lowest BCUT2D eigenvalue weighted by atomic mass is 10.0. The molecule has 0 aromatic rings. The number of amides is 1. The quantitative estimate of drug-likeness (QED) is 0.725. The Labute approximate surface area is 95.2 Å². The maximum atomic E-state index is 11.7. The fourth-order valence-corrected chi connectivity index (χ4v) is 1.72. The minimum atomic E-state index is -0.971. The molecule has 92 valence electrons. The highest BCUT2D eigenvalue weighted by Gasteiger charge is 2.28. The fourth-order valence-electron chi connectivity index (χ4n) is 1.72. The standard InChI is InChI=1S/C11H19NO4/c1-7(2)5-9(11(14)15)12-10(13)8-3-4-16-6-8/h7-9H,3-6H2,1-2H3,(H,12,13)(H,14,15)/t8?,9-/m0/s1. The summed E-state index contributed by atoms with van der Waals surface area (Å²) in [6.45, 7) is 4.85. The molecule has 0 aromatic carbocycles. The molecular formula is C11H19NO4. The number of nitrogens with one attached hydrogen (secondary N) is 1. The van der Waals surface area contributed by atoms with E-state index in [1.807, 2.05) is 13.8 Å². The molecule has 0 bridgehead atoms. The molecular weight excluding hydrogens is 210 g/mol. The molecule has 2 atom stereocenters. The summed E-state index contributed by atoms with van der Waals surface area (Å²) < 4.78 is 5.09. The first kappa shape index (κ1) is 13.0. The van der Waals surface area contributed by atoms with Crippen LogP contribution in [0.2, 0.25) is 0 Å². The van der Waals surface area contributed by atoms with Gasteiger partial charge in [0.25, 0.3) is 0 Å². The van der Waals surface area contributed by atoms with Crippen LogP contribution in [0.4, 0.5) is 0 Å². The highest BCUT2D eigenvalue weighted by Crippen LogP contribution is 2.13. The van der Waals surface area contributed by atoms with Crippen molar-refractivity contribution >= 4 is 11.9 Å². The van der Waals surface area contributed by atoms with E-state index < -0.39 is 12.0 Å². The van der Waals surface area contributed by atoms with Gasteiger partial charge in [0.2, 0.25) is 5.91 Å². The van der Waals surface area contributed by atoms with E-state index in [-0.39, 0.29) is 17.7 Å². The van der Waals surface area contributed by atoms with Gasteiger partial charge in [-0.1, -0.05) is 13.8 Å². The van der Waals surface area contributed by atoms with E-state index >= 15 is 0 Å². The number of carboxylic acids is 1. The molecule has 0 aromatic heterocycles. The zero-order valence-corrected chi connectivity index (χ0v) is 9.73. The van der Waals surface area contributed by atoms with Gasteiger partial charge in [0.15, 0.2) is 0 Å². The molecule has 1 aliphatic rings. The van der Waals surface area contributed by atoms with Crippen LogP contribution < -0.4 is 5.32 Å². The number of rotatable bonds is 5. The van der Waals surface area contributed by atoms with Crippen LogP contribution in [0.5, 0.6) is 0 Å². The Bertz CT molecular complexity index is 259. The van der Waals surface area contributed by atoms with Crippen LogP contribution in [0.3, 0.4) is 0 Å². The van der Waals surface area contributed by atoms with Crippen molar-refractivity contribution in [3.8, 4) is 0 Å². The molecule has 2 N–H and O–H groups in total. The lowest BCUT2D eigenvalue weighted by Crippen LogP contribution is -2.44. The summed E-state index contributed by atoms with van der Waals surface area (Å²) in [5.41, 5.74) is 0. The summed E-state index contributed by atoms with van der Waals surface area (Å²) in [6.07, 6.45) is 1.13. The highest BCUT2D eigenvalue weighted by atomic mass is 16.5. The van der Waals surface area contributed by atoms with Crippen LogP contribution in [-0.4, -0.2) is 36.2 Å². The van der Waals surface area contributed by atoms with E-state index in [0.717, 1.165) is 0 Å². The van der Waals surface area contributed by atoms with Crippen molar-refractivity contribution in [2.75, 3.05) is 13.2 Å². The molecule has 0 radical (unpaired) electrons. The number of hydrogen-bond acceptors (Lipinski definition) is 3. The summed E-state index contributed by atoms with van der Waals surface area (Å²) >= 11 is 0. The number of carboxylic acid groups (broad SMARTS) is 1. The van der Waals surface area contributed by atoms with E-state index in [9.17, 15) is 9.59 Å². The van der Waals surface area contributed by atoms with E-state index in [1.165, 1.54) is 0 Å². The van der Waals surface area contributed by atoms with Gasteiger partial charge in [-0.25, -0.2) is 4.79 Å². The second-order valence-corrected chi connectivity index (χ2v) is 4.59. The van der Waals surface area contributed by atoms with Crippen LogP contribution in [-0.2, 0) is 14.3 Å². The third kappa shape index (κ3) is 3.81. The second kappa shape index (κ2) is 5.84. The first-order valence-corrected chi connectivity index (χ1v) is 5.61. The summed E-state index contributed by atoms with van der Waals surface area (Å²) in [5.74, 6) is -1.12. The van der Waals surface area contributed by atoms with Gasteiger partial charge < -0.3 is 15.2 Å². The number of ether oxygens (including phenoxy) is 1. The van der Waals surface area contributed by atoms with Gasteiger partial charge in [-0.2, -0.15) is 0 Å². The largest absolute Gasteiger partial charge is 0.480 e. The first-order chi connectivity index (χ1) is 7.50. The molecule has 5 heteroatoms. The molecule has 1 amide bonds. The van der Waals surface area contributed by atoms with E-state index in [1.54, 1.807) is 0 Å². The SMILES string of the molecule is CC(C)C[C@H](NC(=O)C1CCOC1)C(=O)O. The Hall–Kier alpha value is -1.10. The predicted molar refractivity (Wildman–Crippen MR) is 57.9 cm³/mol. The van der Waals surface area contributed by atoms with Gasteiger partial charge in [-0.15, -0.1) is 0 Å². The normalized spacial score (nSPS) is 22.1. The minimum absolute atomic E-state index is 0.186. The topological polar surface area (TPSA) is 75.6 Å². The summed E-state index contributed by atoms with van der Waals surface area (Å²) in [7, 11) is 0. The van der Waals surface area contributed by atoms with Crippen LogP contribution in [0.1, 0.15) is 26.7 Å². The Morgan fingerprint density at radius 1 is 1.50 bits per heavy atom. The molecule has 0 spiro atoms. The average Bonchev–Trinajstić information content (AvgIpc) is 2.68. The Balaban J connectivity index is 2.47. The van der Waals surface area contributed by atoms with Gasteiger partial charge in [0.1, 0.15) is 6.04 Å². The van der Waals surface area contributed by atoms with E-state index in [0.29, 0.717) is 26.1 Å². The number of carbonyl (C=O) groups excluding carboxylic acids is 1. The molecule has 1 unspecified atom stereocenters. The lowest BCUT2D eigenvalue weighted by Gasteiger charge is -2.18. The van der Waals surface area contributed by atoms with Crippen molar-refractivity contribution in [1.82, 2.24) is 5.32 Å². The third-order valence-corrected chi connectivity index (χ3v) is 2.62. The Morgan fingerprint density at radius 2 is 2.19 bits per heavy atom. The van der Waals surface area contributed by atoms with Gasteiger partial charge >= 0.3 is 5.97 Å². The third-order valence-electron chi connectivity index (χ3n) is 2.62. The monoisotopic (exact) mass is 229 g/mol. The molecule has 1 rings (SSSR count).